The molecule has 3 rings (SSSR count). The Balaban J connectivity index is 2.06. The highest BCUT2D eigenvalue weighted by Crippen LogP contribution is 2.36. The largest absolute Gasteiger partial charge is 0.465 e. The molecule has 0 fully saturated rings. The molecule has 3 atom stereocenters. The zero-order valence-corrected chi connectivity index (χ0v) is 15.5. The molecule has 2 aromatic rings. The number of rotatable bonds is 4. The second kappa shape index (κ2) is 7.55. The fourth-order valence-electron chi connectivity index (χ4n) is 3.16. The van der Waals surface area contributed by atoms with Crippen molar-refractivity contribution in [3.63, 3.8) is 0 Å². The molecule has 26 heavy (non-hydrogen) atoms. The Morgan fingerprint density at radius 2 is 2.23 bits per heavy atom. The lowest BCUT2D eigenvalue weighted by Crippen LogP contribution is -2.44. The number of halogens is 2. The summed E-state index contributed by atoms with van der Waals surface area (Å²) in [5, 5.41) is 3.56. The summed E-state index contributed by atoms with van der Waals surface area (Å²) in [6.45, 7) is 3.79. The minimum Gasteiger partial charge on any atom is -0.465 e. The first-order chi connectivity index (χ1) is 12.4. The van der Waals surface area contributed by atoms with Crippen LogP contribution in [-0.2, 0) is 16.6 Å². The first-order valence-electron chi connectivity index (χ1n) is 8.31. The number of ether oxygens (including phenoxy) is 1. The van der Waals surface area contributed by atoms with Crippen LogP contribution < -0.4 is 5.32 Å². The smallest absolute Gasteiger partial charge is 0.316 e. The van der Waals surface area contributed by atoms with E-state index >= 15 is 0 Å². The van der Waals surface area contributed by atoms with Crippen molar-refractivity contribution in [2.24, 2.45) is 18.0 Å². The highest BCUT2D eigenvalue weighted by molar-refractivity contribution is 6.31. The number of esters is 1. The molecule has 0 radical (unpaired) electrons. The number of aliphatic imine (C=N–C) groups is 1. The number of carbonyl (C=O) groups excluding carboxylic acids is 1. The zero-order valence-electron chi connectivity index (χ0n) is 14.7. The molecule has 0 bridgehead atoms. The van der Waals surface area contributed by atoms with E-state index in [1.54, 1.807) is 26.1 Å². The summed E-state index contributed by atoms with van der Waals surface area (Å²) in [6.07, 6.45) is 3.05. The molecule has 1 aromatic heterocycles. The molecule has 0 saturated carbocycles. The zero-order chi connectivity index (χ0) is 18.8. The summed E-state index contributed by atoms with van der Waals surface area (Å²) in [5.74, 6) is -0.789. The van der Waals surface area contributed by atoms with Gasteiger partial charge >= 0.3 is 5.97 Å². The number of aromatic nitrogens is 2. The van der Waals surface area contributed by atoms with Gasteiger partial charge in [-0.2, -0.15) is 0 Å². The Hall–Kier alpha value is -2.25. The van der Waals surface area contributed by atoms with Crippen molar-refractivity contribution in [2.45, 2.75) is 26.1 Å². The molecule has 8 heteroatoms. The van der Waals surface area contributed by atoms with Crippen molar-refractivity contribution in [1.82, 2.24) is 14.9 Å². The predicted octanol–water partition coefficient (Wildman–Crippen LogP) is 3.20. The van der Waals surface area contributed by atoms with Gasteiger partial charge in [-0.25, -0.2) is 9.37 Å². The van der Waals surface area contributed by atoms with E-state index in [0.717, 1.165) is 0 Å². The molecular formula is C18H20ClFN4O2. The van der Waals surface area contributed by atoms with Gasteiger partial charge in [-0.3, -0.25) is 15.1 Å². The van der Waals surface area contributed by atoms with Gasteiger partial charge in [0.1, 0.15) is 17.6 Å². The Kier molecular flexibility index (Phi) is 5.38. The lowest BCUT2D eigenvalue weighted by atomic mass is 9.87. The molecule has 3 unspecified atom stereocenters. The van der Waals surface area contributed by atoms with Gasteiger partial charge in [0, 0.05) is 30.2 Å². The van der Waals surface area contributed by atoms with E-state index in [9.17, 15) is 9.18 Å². The normalized spacial score (nSPS) is 22.8. The monoisotopic (exact) mass is 378 g/mol. The molecule has 0 saturated heterocycles. The Bertz CT molecular complexity index is 851. The third-order valence-corrected chi connectivity index (χ3v) is 4.72. The van der Waals surface area contributed by atoms with Gasteiger partial charge in [-0.15, -0.1) is 0 Å². The van der Waals surface area contributed by atoms with Crippen molar-refractivity contribution in [2.75, 3.05) is 6.61 Å². The molecular weight excluding hydrogens is 359 g/mol. The molecule has 2 heterocycles. The van der Waals surface area contributed by atoms with Crippen molar-refractivity contribution in [3.05, 3.63) is 52.8 Å². The van der Waals surface area contributed by atoms with Gasteiger partial charge in [-0.1, -0.05) is 17.7 Å². The molecule has 1 aliphatic rings. The highest BCUT2D eigenvalue weighted by Gasteiger charge is 2.40. The maximum absolute atomic E-state index is 13.5. The third kappa shape index (κ3) is 3.50. The standard InChI is InChI=1S/C18H20ClFN4O2/c1-4-26-18(25)14-10(2)22-16(17-21-7-8-24(17)3)23-15(14)12-6-5-11(20)9-13(12)19/h5-9,14-16,23H,4H2,1-3H3. The lowest BCUT2D eigenvalue weighted by molar-refractivity contribution is -0.146. The maximum Gasteiger partial charge on any atom is 0.316 e. The van der Waals surface area contributed by atoms with Crippen LogP contribution in [0.5, 0.6) is 0 Å². The van der Waals surface area contributed by atoms with E-state index in [-0.39, 0.29) is 11.6 Å². The summed E-state index contributed by atoms with van der Waals surface area (Å²) in [7, 11) is 1.87. The molecule has 1 N–H and O–H groups in total. The fraction of sp³-hybridized carbons (Fsp3) is 0.389. The number of nitrogens with zero attached hydrogens (tertiary/aromatic N) is 3. The van der Waals surface area contributed by atoms with Crippen LogP contribution in [0, 0.1) is 11.7 Å². The minimum absolute atomic E-state index is 0.241. The SMILES string of the molecule is CCOC(=O)C1C(C)=NC(c2nccn2C)NC1c1ccc(F)cc1Cl. The van der Waals surface area contributed by atoms with Gasteiger partial charge in [0.15, 0.2) is 6.17 Å². The van der Waals surface area contributed by atoms with E-state index in [0.29, 0.717) is 17.1 Å². The lowest BCUT2D eigenvalue weighted by Gasteiger charge is -2.34. The number of hydrogen-bond acceptors (Lipinski definition) is 5. The predicted molar refractivity (Wildman–Crippen MR) is 96.5 cm³/mol. The summed E-state index contributed by atoms with van der Waals surface area (Å²) in [4.78, 5) is 21.5. The molecule has 0 spiro atoms. The average molecular weight is 379 g/mol. The second-order valence-electron chi connectivity index (χ2n) is 6.11. The van der Waals surface area contributed by atoms with E-state index in [1.165, 1.54) is 12.1 Å². The highest BCUT2D eigenvalue weighted by atomic mass is 35.5. The third-order valence-electron chi connectivity index (χ3n) is 4.39. The Morgan fingerprint density at radius 1 is 1.46 bits per heavy atom. The minimum atomic E-state index is -0.658. The Labute approximate surface area is 156 Å². The summed E-state index contributed by atoms with van der Waals surface area (Å²) < 4.78 is 20.6. The number of hydrogen-bond donors (Lipinski definition) is 1. The summed E-state index contributed by atoms with van der Waals surface area (Å²) in [5.41, 5.74) is 1.22. The Morgan fingerprint density at radius 3 is 2.85 bits per heavy atom. The van der Waals surface area contributed by atoms with E-state index < -0.39 is 29.9 Å². The number of benzene rings is 1. The second-order valence-corrected chi connectivity index (χ2v) is 6.52. The van der Waals surface area contributed by atoms with Crippen LogP contribution in [0.15, 0.2) is 35.6 Å². The van der Waals surface area contributed by atoms with Gasteiger partial charge in [-0.05, 0) is 31.5 Å². The molecule has 138 valence electrons. The van der Waals surface area contributed by atoms with Crippen LogP contribution in [0.3, 0.4) is 0 Å². The fourth-order valence-corrected chi connectivity index (χ4v) is 3.45. The first kappa shape index (κ1) is 18.5. The molecule has 0 amide bonds. The van der Waals surface area contributed by atoms with Gasteiger partial charge in [0.25, 0.3) is 0 Å². The quantitative estimate of drug-likeness (QED) is 0.829. The van der Waals surface area contributed by atoms with E-state index in [1.807, 2.05) is 17.8 Å². The van der Waals surface area contributed by atoms with Gasteiger partial charge in [0.2, 0.25) is 0 Å². The van der Waals surface area contributed by atoms with E-state index in [4.69, 9.17) is 16.3 Å². The van der Waals surface area contributed by atoms with Crippen LogP contribution in [0.25, 0.3) is 0 Å². The summed E-state index contributed by atoms with van der Waals surface area (Å²) >= 11 is 6.27. The number of nitrogens with one attached hydrogen (secondary N) is 1. The van der Waals surface area contributed by atoms with Crippen LogP contribution in [0.1, 0.15) is 37.4 Å². The van der Waals surface area contributed by atoms with Crippen LogP contribution in [-0.4, -0.2) is 27.8 Å². The number of imidazole rings is 1. The molecule has 6 nitrogen and oxygen atoms in total. The van der Waals surface area contributed by atoms with Crippen molar-refractivity contribution in [3.8, 4) is 0 Å². The topological polar surface area (TPSA) is 68.5 Å². The van der Waals surface area contributed by atoms with Crippen molar-refractivity contribution >= 4 is 23.3 Å². The van der Waals surface area contributed by atoms with E-state index in [2.05, 4.69) is 15.3 Å². The van der Waals surface area contributed by atoms with Crippen molar-refractivity contribution < 1.29 is 13.9 Å². The number of aryl methyl sites for hydroxylation is 1. The van der Waals surface area contributed by atoms with Crippen LogP contribution in [0.4, 0.5) is 4.39 Å². The van der Waals surface area contributed by atoms with Gasteiger partial charge in [0.05, 0.1) is 12.6 Å². The van der Waals surface area contributed by atoms with Gasteiger partial charge < -0.3 is 9.30 Å². The molecule has 1 aromatic carbocycles. The molecule has 1 aliphatic heterocycles. The summed E-state index contributed by atoms with van der Waals surface area (Å²) in [6, 6.07) is 3.62. The average Bonchev–Trinajstić information content (AvgIpc) is 3.00. The number of carbonyl (C=O) groups is 1. The van der Waals surface area contributed by atoms with Crippen LogP contribution in [0.2, 0.25) is 5.02 Å². The van der Waals surface area contributed by atoms with Crippen molar-refractivity contribution in [1.29, 1.82) is 0 Å². The van der Waals surface area contributed by atoms with Crippen LogP contribution >= 0.6 is 11.6 Å². The maximum atomic E-state index is 13.5. The molecule has 0 aliphatic carbocycles. The first-order valence-corrected chi connectivity index (χ1v) is 8.69.